The van der Waals surface area contributed by atoms with Gasteiger partial charge in [-0.25, -0.2) is 0 Å². The van der Waals surface area contributed by atoms with Crippen LogP contribution in [-0.4, -0.2) is 5.11 Å². The van der Waals surface area contributed by atoms with E-state index in [1.54, 1.807) is 0 Å². The second kappa shape index (κ2) is 7.10. The molecule has 2 aromatic carbocycles. The Morgan fingerprint density at radius 2 is 1.58 bits per heavy atom. The van der Waals surface area contributed by atoms with Crippen LogP contribution in [0, 0.1) is 0 Å². The van der Waals surface area contributed by atoms with Gasteiger partial charge in [-0.3, -0.25) is 0 Å². The molecule has 100 valence electrons. The van der Waals surface area contributed by atoms with Crippen molar-refractivity contribution in [3.8, 4) is 0 Å². The van der Waals surface area contributed by atoms with E-state index in [9.17, 15) is 5.11 Å². The lowest BCUT2D eigenvalue weighted by atomic mass is 10.00. The molecule has 0 heterocycles. The van der Waals surface area contributed by atoms with Gasteiger partial charge < -0.3 is 5.11 Å². The van der Waals surface area contributed by atoms with Crippen molar-refractivity contribution in [2.24, 2.45) is 0 Å². The van der Waals surface area contributed by atoms with Crippen LogP contribution in [0.4, 0.5) is 0 Å². The zero-order valence-electron chi connectivity index (χ0n) is 11.5. The molecule has 0 saturated carbocycles. The molecule has 0 spiro atoms. The largest absolute Gasteiger partial charge is 0.388 e. The number of aliphatic hydroxyl groups excluding tert-OH is 1. The molecule has 0 bridgehead atoms. The summed E-state index contributed by atoms with van der Waals surface area (Å²) >= 11 is 0. The molecule has 2 rings (SSSR count). The van der Waals surface area contributed by atoms with Gasteiger partial charge in [0.1, 0.15) is 0 Å². The van der Waals surface area contributed by atoms with Crippen LogP contribution < -0.4 is 0 Å². The fraction of sp³-hybridized carbons (Fsp3) is 0.333. The standard InChI is InChI=1S/C18H22O/c1-2-15-11-13-17(14-12-15)18(19)10-6-9-16-7-4-3-5-8-16/h3-5,7-8,11-14,18-19H,2,6,9-10H2,1H3. The quantitative estimate of drug-likeness (QED) is 0.814. The minimum Gasteiger partial charge on any atom is -0.388 e. The zero-order valence-corrected chi connectivity index (χ0v) is 11.5. The molecule has 0 aromatic heterocycles. The molecule has 1 nitrogen and oxygen atoms in total. The summed E-state index contributed by atoms with van der Waals surface area (Å²) in [4.78, 5) is 0. The van der Waals surface area contributed by atoms with Crippen LogP contribution in [0.15, 0.2) is 54.6 Å². The monoisotopic (exact) mass is 254 g/mol. The maximum absolute atomic E-state index is 10.2. The highest BCUT2D eigenvalue weighted by atomic mass is 16.3. The first-order valence-corrected chi connectivity index (χ1v) is 7.10. The number of aliphatic hydroxyl groups is 1. The molecule has 0 fully saturated rings. The Bertz CT molecular complexity index is 473. The fourth-order valence-corrected chi connectivity index (χ4v) is 2.29. The van der Waals surface area contributed by atoms with Gasteiger partial charge >= 0.3 is 0 Å². The van der Waals surface area contributed by atoms with E-state index in [-0.39, 0.29) is 6.10 Å². The molecule has 19 heavy (non-hydrogen) atoms. The summed E-state index contributed by atoms with van der Waals surface area (Å²) in [6.45, 7) is 2.14. The van der Waals surface area contributed by atoms with Gasteiger partial charge in [0.2, 0.25) is 0 Å². The number of benzene rings is 2. The van der Waals surface area contributed by atoms with Crippen LogP contribution >= 0.6 is 0 Å². The van der Waals surface area contributed by atoms with Gasteiger partial charge in [0.05, 0.1) is 6.10 Å². The van der Waals surface area contributed by atoms with Crippen LogP contribution in [0.2, 0.25) is 0 Å². The van der Waals surface area contributed by atoms with Gasteiger partial charge in [-0.15, -0.1) is 0 Å². The molecule has 0 amide bonds. The molecule has 1 atom stereocenters. The second-order valence-electron chi connectivity index (χ2n) is 4.99. The topological polar surface area (TPSA) is 20.2 Å². The van der Waals surface area contributed by atoms with Crippen LogP contribution in [0.25, 0.3) is 0 Å². The highest BCUT2D eigenvalue weighted by Gasteiger charge is 2.07. The third-order valence-corrected chi connectivity index (χ3v) is 3.56. The number of hydrogen-bond donors (Lipinski definition) is 1. The van der Waals surface area contributed by atoms with Gasteiger partial charge in [-0.2, -0.15) is 0 Å². The Morgan fingerprint density at radius 1 is 0.895 bits per heavy atom. The molecular formula is C18H22O. The first-order chi connectivity index (χ1) is 9.29. The van der Waals surface area contributed by atoms with Crippen molar-refractivity contribution in [1.82, 2.24) is 0 Å². The maximum Gasteiger partial charge on any atom is 0.0790 e. The summed E-state index contributed by atoms with van der Waals surface area (Å²) in [7, 11) is 0. The summed E-state index contributed by atoms with van der Waals surface area (Å²) in [6, 6.07) is 18.8. The van der Waals surface area contributed by atoms with Crippen LogP contribution in [-0.2, 0) is 12.8 Å². The predicted octanol–water partition coefficient (Wildman–Crippen LogP) is 4.31. The van der Waals surface area contributed by atoms with Gasteiger partial charge in [0.15, 0.2) is 0 Å². The van der Waals surface area contributed by atoms with Gasteiger partial charge in [-0.1, -0.05) is 61.5 Å². The smallest absolute Gasteiger partial charge is 0.0790 e. The lowest BCUT2D eigenvalue weighted by Crippen LogP contribution is -1.98. The molecule has 1 heteroatoms. The number of hydrogen-bond acceptors (Lipinski definition) is 1. The SMILES string of the molecule is CCc1ccc(C(O)CCCc2ccccc2)cc1. The Labute approximate surface area is 115 Å². The van der Waals surface area contributed by atoms with E-state index in [1.807, 2.05) is 18.2 Å². The molecule has 0 saturated heterocycles. The molecule has 0 aliphatic carbocycles. The molecule has 0 aliphatic rings. The third-order valence-electron chi connectivity index (χ3n) is 3.56. The van der Waals surface area contributed by atoms with E-state index in [2.05, 4.69) is 43.3 Å². The van der Waals surface area contributed by atoms with Gasteiger partial charge in [0, 0.05) is 0 Å². The van der Waals surface area contributed by atoms with Crippen LogP contribution in [0.1, 0.15) is 42.6 Å². The van der Waals surface area contributed by atoms with E-state index in [0.29, 0.717) is 0 Å². The maximum atomic E-state index is 10.2. The Kier molecular flexibility index (Phi) is 5.17. The number of rotatable bonds is 6. The minimum atomic E-state index is -0.338. The highest BCUT2D eigenvalue weighted by Crippen LogP contribution is 2.20. The van der Waals surface area contributed by atoms with Gasteiger partial charge in [-0.05, 0) is 42.4 Å². The molecule has 0 radical (unpaired) electrons. The van der Waals surface area contributed by atoms with E-state index < -0.39 is 0 Å². The molecule has 1 unspecified atom stereocenters. The first kappa shape index (κ1) is 13.8. The van der Waals surface area contributed by atoms with E-state index >= 15 is 0 Å². The summed E-state index contributed by atoms with van der Waals surface area (Å²) in [5, 5.41) is 10.2. The van der Waals surface area contributed by atoms with E-state index in [1.165, 1.54) is 11.1 Å². The van der Waals surface area contributed by atoms with E-state index in [0.717, 1.165) is 31.2 Å². The summed E-state index contributed by atoms with van der Waals surface area (Å²) in [5.74, 6) is 0. The average molecular weight is 254 g/mol. The van der Waals surface area contributed by atoms with Crippen molar-refractivity contribution in [3.63, 3.8) is 0 Å². The van der Waals surface area contributed by atoms with Crippen molar-refractivity contribution in [2.45, 2.75) is 38.7 Å². The average Bonchev–Trinajstić information content (AvgIpc) is 2.48. The van der Waals surface area contributed by atoms with Crippen LogP contribution in [0.3, 0.4) is 0 Å². The lowest BCUT2D eigenvalue weighted by Gasteiger charge is -2.11. The highest BCUT2D eigenvalue weighted by molar-refractivity contribution is 5.24. The molecule has 1 N–H and O–H groups in total. The van der Waals surface area contributed by atoms with E-state index in [4.69, 9.17) is 0 Å². The summed E-state index contributed by atoms with van der Waals surface area (Å²) in [5.41, 5.74) is 3.70. The fourth-order valence-electron chi connectivity index (χ4n) is 2.29. The third kappa shape index (κ3) is 4.22. The number of aryl methyl sites for hydroxylation is 2. The minimum absolute atomic E-state index is 0.338. The lowest BCUT2D eigenvalue weighted by molar-refractivity contribution is 0.164. The zero-order chi connectivity index (χ0) is 13.5. The van der Waals surface area contributed by atoms with Crippen LogP contribution in [0.5, 0.6) is 0 Å². The van der Waals surface area contributed by atoms with Crippen molar-refractivity contribution in [2.75, 3.05) is 0 Å². The van der Waals surface area contributed by atoms with Crippen molar-refractivity contribution >= 4 is 0 Å². The predicted molar refractivity (Wildman–Crippen MR) is 80.2 cm³/mol. The molecular weight excluding hydrogens is 232 g/mol. The first-order valence-electron chi connectivity index (χ1n) is 7.10. The normalized spacial score (nSPS) is 12.3. The van der Waals surface area contributed by atoms with Crippen molar-refractivity contribution in [3.05, 3.63) is 71.3 Å². The van der Waals surface area contributed by atoms with Crippen molar-refractivity contribution < 1.29 is 5.11 Å². The Morgan fingerprint density at radius 3 is 2.21 bits per heavy atom. The Balaban J connectivity index is 1.82. The van der Waals surface area contributed by atoms with Crippen molar-refractivity contribution in [1.29, 1.82) is 0 Å². The molecule has 2 aromatic rings. The Hall–Kier alpha value is -1.60. The summed E-state index contributed by atoms with van der Waals surface area (Å²) in [6.07, 6.45) is 3.57. The summed E-state index contributed by atoms with van der Waals surface area (Å²) < 4.78 is 0. The second-order valence-corrected chi connectivity index (χ2v) is 4.99. The molecule has 0 aliphatic heterocycles. The van der Waals surface area contributed by atoms with Gasteiger partial charge in [0.25, 0.3) is 0 Å².